The summed E-state index contributed by atoms with van der Waals surface area (Å²) in [5.41, 5.74) is 1.15. The Morgan fingerprint density at radius 1 is 1.14 bits per heavy atom. The molecule has 0 fully saturated rings. The summed E-state index contributed by atoms with van der Waals surface area (Å²) < 4.78 is 0. The van der Waals surface area contributed by atoms with Crippen LogP contribution in [0.15, 0.2) is 47.8 Å². The topological polar surface area (TPSA) is 41.1 Å². The van der Waals surface area contributed by atoms with E-state index in [2.05, 4.69) is 29.7 Å². The molecule has 2 unspecified atom stereocenters. The van der Waals surface area contributed by atoms with E-state index < -0.39 is 0 Å². The lowest BCUT2D eigenvalue weighted by atomic mass is 10.0. The summed E-state index contributed by atoms with van der Waals surface area (Å²) in [4.78, 5) is 13.4. The number of hydrogen-bond acceptors (Lipinski definition) is 2. The third kappa shape index (κ3) is 4.60. The van der Waals surface area contributed by atoms with Crippen LogP contribution in [0.3, 0.4) is 0 Å². The van der Waals surface area contributed by atoms with Gasteiger partial charge in [0, 0.05) is 4.88 Å². The van der Waals surface area contributed by atoms with E-state index in [0.29, 0.717) is 0 Å². The molecule has 1 aromatic heterocycles. The first-order chi connectivity index (χ1) is 10.2. The van der Waals surface area contributed by atoms with E-state index in [4.69, 9.17) is 0 Å². The third-order valence-corrected chi connectivity index (χ3v) is 4.46. The molecule has 0 radical (unpaired) electrons. The van der Waals surface area contributed by atoms with Crippen LogP contribution in [0.2, 0.25) is 0 Å². The van der Waals surface area contributed by atoms with Gasteiger partial charge < -0.3 is 10.6 Å². The largest absolute Gasteiger partial charge is 0.331 e. The standard InChI is InChI=1S/C17H22N2OS/c1-3-8-15(14-9-5-4-6-10-14)19-17(20)18-13(2)16-11-7-12-21-16/h4-7,9-13,15H,3,8H2,1-2H3,(H2,18,19,20). The first-order valence-electron chi connectivity index (χ1n) is 7.36. The SMILES string of the molecule is CCCC(NC(=O)NC(C)c1cccs1)c1ccccc1. The molecule has 0 saturated heterocycles. The molecular formula is C17H22N2OS. The van der Waals surface area contributed by atoms with Crippen LogP contribution in [0.5, 0.6) is 0 Å². The summed E-state index contributed by atoms with van der Waals surface area (Å²) in [5, 5.41) is 8.11. The number of thiophene rings is 1. The Labute approximate surface area is 130 Å². The Morgan fingerprint density at radius 2 is 1.90 bits per heavy atom. The van der Waals surface area contributed by atoms with Gasteiger partial charge in [-0.3, -0.25) is 0 Å². The van der Waals surface area contributed by atoms with Crippen LogP contribution >= 0.6 is 11.3 Å². The molecule has 0 saturated carbocycles. The van der Waals surface area contributed by atoms with E-state index in [-0.39, 0.29) is 18.1 Å². The minimum Gasteiger partial charge on any atom is -0.331 e. The number of carbonyl (C=O) groups excluding carboxylic acids is 1. The van der Waals surface area contributed by atoms with Crippen LogP contribution in [0, 0.1) is 0 Å². The lowest BCUT2D eigenvalue weighted by Crippen LogP contribution is -2.39. The second-order valence-corrected chi connectivity index (χ2v) is 6.09. The van der Waals surface area contributed by atoms with E-state index in [1.807, 2.05) is 42.6 Å². The Kier molecular flexibility index (Phi) is 5.81. The van der Waals surface area contributed by atoms with Crippen molar-refractivity contribution in [2.24, 2.45) is 0 Å². The predicted octanol–water partition coefficient (Wildman–Crippen LogP) is 4.65. The second-order valence-electron chi connectivity index (χ2n) is 5.11. The van der Waals surface area contributed by atoms with E-state index in [1.165, 1.54) is 0 Å². The highest BCUT2D eigenvalue weighted by molar-refractivity contribution is 7.10. The molecule has 2 atom stereocenters. The number of amides is 2. The molecule has 0 spiro atoms. The van der Waals surface area contributed by atoms with Gasteiger partial charge >= 0.3 is 6.03 Å². The molecule has 0 bridgehead atoms. The quantitative estimate of drug-likeness (QED) is 0.801. The number of urea groups is 1. The van der Waals surface area contributed by atoms with Gasteiger partial charge in [0.1, 0.15) is 0 Å². The maximum absolute atomic E-state index is 12.2. The normalized spacial score (nSPS) is 13.4. The summed E-state index contributed by atoms with van der Waals surface area (Å²) in [6.07, 6.45) is 1.96. The molecule has 1 aromatic carbocycles. The van der Waals surface area contributed by atoms with Crippen LogP contribution < -0.4 is 10.6 Å². The van der Waals surface area contributed by atoms with E-state index in [1.54, 1.807) is 11.3 Å². The average Bonchev–Trinajstić information content (AvgIpc) is 3.02. The van der Waals surface area contributed by atoms with Crippen LogP contribution in [0.4, 0.5) is 4.79 Å². The van der Waals surface area contributed by atoms with Crippen LogP contribution in [-0.2, 0) is 0 Å². The fraction of sp³-hybridized carbons (Fsp3) is 0.353. The van der Waals surface area contributed by atoms with Crippen molar-refractivity contribution in [1.29, 1.82) is 0 Å². The number of carbonyl (C=O) groups is 1. The molecule has 112 valence electrons. The third-order valence-electron chi connectivity index (χ3n) is 3.40. The number of nitrogens with one attached hydrogen (secondary N) is 2. The smallest absolute Gasteiger partial charge is 0.315 e. The Bertz CT molecular complexity index is 539. The van der Waals surface area contributed by atoms with Gasteiger partial charge in [-0.15, -0.1) is 11.3 Å². The molecule has 4 heteroatoms. The molecule has 0 aliphatic carbocycles. The first-order valence-corrected chi connectivity index (χ1v) is 8.24. The Hall–Kier alpha value is -1.81. The molecule has 2 amide bonds. The van der Waals surface area contributed by atoms with Gasteiger partial charge in [0.15, 0.2) is 0 Å². The number of rotatable bonds is 6. The van der Waals surface area contributed by atoms with Crippen LogP contribution in [-0.4, -0.2) is 6.03 Å². The zero-order valence-corrected chi connectivity index (χ0v) is 13.3. The van der Waals surface area contributed by atoms with Crippen molar-refractivity contribution < 1.29 is 4.79 Å². The summed E-state index contributed by atoms with van der Waals surface area (Å²) in [6, 6.07) is 14.1. The second kappa shape index (κ2) is 7.84. The van der Waals surface area contributed by atoms with Crippen molar-refractivity contribution >= 4 is 17.4 Å². The Balaban J connectivity index is 1.95. The van der Waals surface area contributed by atoms with Crippen molar-refractivity contribution in [3.8, 4) is 0 Å². The predicted molar refractivity (Wildman–Crippen MR) is 88.5 cm³/mol. The molecule has 3 nitrogen and oxygen atoms in total. The Morgan fingerprint density at radius 3 is 2.52 bits per heavy atom. The van der Waals surface area contributed by atoms with Crippen molar-refractivity contribution in [2.75, 3.05) is 0 Å². The zero-order chi connectivity index (χ0) is 15.1. The highest BCUT2D eigenvalue weighted by atomic mass is 32.1. The van der Waals surface area contributed by atoms with Crippen molar-refractivity contribution in [3.63, 3.8) is 0 Å². The fourth-order valence-corrected chi connectivity index (χ4v) is 3.04. The van der Waals surface area contributed by atoms with E-state index in [9.17, 15) is 4.79 Å². The summed E-state index contributed by atoms with van der Waals surface area (Å²) in [7, 11) is 0. The maximum Gasteiger partial charge on any atom is 0.315 e. The molecule has 21 heavy (non-hydrogen) atoms. The van der Waals surface area contributed by atoms with Gasteiger partial charge in [-0.1, -0.05) is 49.7 Å². The highest BCUT2D eigenvalue weighted by Crippen LogP contribution is 2.20. The van der Waals surface area contributed by atoms with Crippen LogP contribution in [0.25, 0.3) is 0 Å². The van der Waals surface area contributed by atoms with Crippen molar-refractivity contribution in [1.82, 2.24) is 10.6 Å². The van der Waals surface area contributed by atoms with Gasteiger partial charge in [-0.25, -0.2) is 4.79 Å². The molecule has 0 aliphatic rings. The molecule has 2 aromatic rings. The number of hydrogen-bond donors (Lipinski definition) is 2. The fourth-order valence-electron chi connectivity index (χ4n) is 2.30. The lowest BCUT2D eigenvalue weighted by molar-refractivity contribution is 0.233. The summed E-state index contributed by atoms with van der Waals surface area (Å²) in [6.45, 7) is 4.13. The molecular weight excluding hydrogens is 280 g/mol. The van der Waals surface area contributed by atoms with Gasteiger partial charge in [0.05, 0.1) is 12.1 Å². The van der Waals surface area contributed by atoms with Crippen LogP contribution in [0.1, 0.15) is 49.2 Å². The van der Waals surface area contributed by atoms with E-state index >= 15 is 0 Å². The summed E-state index contributed by atoms with van der Waals surface area (Å²) in [5.74, 6) is 0. The van der Waals surface area contributed by atoms with Gasteiger partial charge in [0.25, 0.3) is 0 Å². The zero-order valence-electron chi connectivity index (χ0n) is 12.5. The average molecular weight is 302 g/mol. The van der Waals surface area contributed by atoms with E-state index in [0.717, 1.165) is 23.3 Å². The number of benzene rings is 1. The van der Waals surface area contributed by atoms with Crippen molar-refractivity contribution in [3.05, 3.63) is 58.3 Å². The van der Waals surface area contributed by atoms with Gasteiger partial charge in [-0.2, -0.15) is 0 Å². The minimum atomic E-state index is -0.113. The van der Waals surface area contributed by atoms with Gasteiger partial charge in [0.2, 0.25) is 0 Å². The lowest BCUT2D eigenvalue weighted by Gasteiger charge is -2.21. The minimum absolute atomic E-state index is 0.0306. The molecule has 2 N–H and O–H groups in total. The molecule has 1 heterocycles. The molecule has 0 aliphatic heterocycles. The first kappa shape index (κ1) is 15.6. The highest BCUT2D eigenvalue weighted by Gasteiger charge is 2.15. The van der Waals surface area contributed by atoms with Crippen molar-refractivity contribution in [2.45, 2.75) is 38.8 Å². The summed E-state index contributed by atoms with van der Waals surface area (Å²) >= 11 is 1.66. The monoisotopic (exact) mass is 302 g/mol. The van der Waals surface area contributed by atoms with Gasteiger partial charge in [-0.05, 0) is 30.4 Å². The molecule has 2 rings (SSSR count). The maximum atomic E-state index is 12.2.